The first kappa shape index (κ1) is 14.8. The number of hydrogen-bond acceptors (Lipinski definition) is 3. The zero-order valence-electron chi connectivity index (χ0n) is 13.1. The van der Waals surface area contributed by atoms with Crippen molar-refractivity contribution in [3.63, 3.8) is 0 Å². The van der Waals surface area contributed by atoms with E-state index in [1.165, 1.54) is 0 Å². The molecule has 3 fully saturated rings. The minimum Gasteiger partial charge on any atom is -0.376 e. The highest BCUT2D eigenvalue weighted by atomic mass is 16.5. The molecule has 5 nitrogen and oxygen atoms in total. The number of ether oxygens (including phenoxy) is 1. The van der Waals surface area contributed by atoms with Crippen LogP contribution in [0.15, 0.2) is 0 Å². The summed E-state index contributed by atoms with van der Waals surface area (Å²) in [5, 5.41) is 3.02. The molecular weight excluding hydrogens is 268 g/mol. The Hall–Kier alpha value is -1.10. The van der Waals surface area contributed by atoms with Gasteiger partial charge in [0.05, 0.1) is 6.10 Å². The second kappa shape index (κ2) is 5.59. The van der Waals surface area contributed by atoms with Crippen molar-refractivity contribution in [1.82, 2.24) is 10.2 Å². The molecule has 0 bridgehead atoms. The fourth-order valence-corrected chi connectivity index (χ4v) is 3.69. The van der Waals surface area contributed by atoms with Gasteiger partial charge < -0.3 is 15.0 Å². The van der Waals surface area contributed by atoms with Crippen LogP contribution >= 0.6 is 0 Å². The fourth-order valence-electron chi connectivity index (χ4n) is 3.69. The zero-order valence-corrected chi connectivity index (χ0v) is 13.1. The average Bonchev–Trinajstić information content (AvgIpc) is 3.19. The molecule has 0 spiro atoms. The van der Waals surface area contributed by atoms with Gasteiger partial charge in [-0.25, -0.2) is 0 Å². The van der Waals surface area contributed by atoms with Gasteiger partial charge in [-0.05, 0) is 44.9 Å². The second-order valence-corrected chi connectivity index (χ2v) is 6.86. The molecule has 21 heavy (non-hydrogen) atoms. The van der Waals surface area contributed by atoms with Crippen LogP contribution in [-0.4, -0.2) is 47.6 Å². The van der Waals surface area contributed by atoms with Crippen LogP contribution in [0.2, 0.25) is 0 Å². The number of piperazine rings is 1. The van der Waals surface area contributed by atoms with Crippen LogP contribution in [0.3, 0.4) is 0 Å². The van der Waals surface area contributed by atoms with Crippen LogP contribution < -0.4 is 5.32 Å². The van der Waals surface area contributed by atoms with E-state index in [0.717, 1.165) is 45.1 Å². The monoisotopic (exact) mass is 294 g/mol. The minimum absolute atomic E-state index is 0.0175. The third kappa shape index (κ3) is 2.68. The Balaban J connectivity index is 1.81. The second-order valence-electron chi connectivity index (χ2n) is 6.86. The van der Waals surface area contributed by atoms with Crippen molar-refractivity contribution in [1.29, 1.82) is 0 Å². The third-order valence-electron chi connectivity index (χ3n) is 5.15. The summed E-state index contributed by atoms with van der Waals surface area (Å²) in [6.45, 7) is 5.29. The number of hydrogen-bond donors (Lipinski definition) is 1. The van der Waals surface area contributed by atoms with Crippen LogP contribution in [0.25, 0.3) is 0 Å². The summed E-state index contributed by atoms with van der Waals surface area (Å²) in [4.78, 5) is 27.3. The van der Waals surface area contributed by atoms with E-state index >= 15 is 0 Å². The molecule has 0 aromatic carbocycles. The molecule has 5 heteroatoms. The Morgan fingerprint density at radius 1 is 1.33 bits per heavy atom. The fraction of sp³-hybridized carbons (Fsp3) is 0.875. The van der Waals surface area contributed by atoms with Crippen LogP contribution in [0.4, 0.5) is 0 Å². The number of rotatable bonds is 5. The normalized spacial score (nSPS) is 37.0. The lowest BCUT2D eigenvalue weighted by molar-refractivity contribution is -0.157. The van der Waals surface area contributed by atoms with Crippen molar-refractivity contribution in [2.75, 3.05) is 13.2 Å². The molecule has 118 valence electrons. The van der Waals surface area contributed by atoms with Crippen molar-refractivity contribution in [3.05, 3.63) is 0 Å². The van der Waals surface area contributed by atoms with Gasteiger partial charge in [0.2, 0.25) is 11.8 Å². The SMILES string of the molecule is CCCC1C(=O)NC(C)(C2CC2)C(=O)N1CC1CCCO1. The minimum atomic E-state index is -0.695. The molecule has 3 rings (SSSR count). The highest BCUT2D eigenvalue weighted by Crippen LogP contribution is 2.42. The Bertz CT molecular complexity index is 429. The van der Waals surface area contributed by atoms with Gasteiger partial charge in [-0.15, -0.1) is 0 Å². The van der Waals surface area contributed by atoms with E-state index in [9.17, 15) is 9.59 Å². The molecule has 0 aromatic rings. The average molecular weight is 294 g/mol. The van der Waals surface area contributed by atoms with E-state index in [2.05, 4.69) is 12.2 Å². The lowest BCUT2D eigenvalue weighted by atomic mass is 9.88. The number of carbonyl (C=O) groups is 2. The first-order chi connectivity index (χ1) is 10.1. The standard InChI is InChI=1S/C16H26N2O3/c1-3-5-13-14(19)17-16(2,11-7-8-11)15(20)18(13)10-12-6-4-9-21-12/h11-13H,3-10H2,1-2H3,(H,17,19). The van der Waals surface area contributed by atoms with E-state index in [-0.39, 0.29) is 24.0 Å². The van der Waals surface area contributed by atoms with E-state index in [4.69, 9.17) is 4.74 Å². The van der Waals surface area contributed by atoms with Crippen molar-refractivity contribution >= 4 is 11.8 Å². The van der Waals surface area contributed by atoms with Gasteiger partial charge in [0.1, 0.15) is 11.6 Å². The first-order valence-electron chi connectivity index (χ1n) is 8.31. The quantitative estimate of drug-likeness (QED) is 0.835. The predicted molar refractivity (Wildman–Crippen MR) is 78.7 cm³/mol. The maximum absolute atomic E-state index is 13.0. The van der Waals surface area contributed by atoms with Gasteiger partial charge in [-0.1, -0.05) is 13.3 Å². The van der Waals surface area contributed by atoms with Crippen molar-refractivity contribution in [2.24, 2.45) is 5.92 Å². The van der Waals surface area contributed by atoms with Crippen LogP contribution in [0.1, 0.15) is 52.4 Å². The van der Waals surface area contributed by atoms with E-state index in [1.807, 2.05) is 11.8 Å². The van der Waals surface area contributed by atoms with E-state index in [0.29, 0.717) is 12.5 Å². The maximum Gasteiger partial charge on any atom is 0.249 e. The molecule has 3 aliphatic rings. The lowest BCUT2D eigenvalue weighted by Crippen LogP contribution is -2.70. The Kier molecular flexibility index (Phi) is 3.95. The third-order valence-corrected chi connectivity index (χ3v) is 5.15. The zero-order chi connectivity index (χ0) is 15.0. The molecule has 1 saturated carbocycles. The summed E-state index contributed by atoms with van der Waals surface area (Å²) >= 11 is 0. The van der Waals surface area contributed by atoms with Gasteiger partial charge >= 0.3 is 0 Å². The summed E-state index contributed by atoms with van der Waals surface area (Å²) < 4.78 is 5.68. The van der Waals surface area contributed by atoms with Crippen molar-refractivity contribution in [3.8, 4) is 0 Å². The van der Waals surface area contributed by atoms with Gasteiger partial charge in [0.25, 0.3) is 0 Å². The molecule has 0 radical (unpaired) electrons. The summed E-state index contributed by atoms with van der Waals surface area (Å²) in [5.41, 5.74) is -0.695. The van der Waals surface area contributed by atoms with E-state index < -0.39 is 5.54 Å². The number of carbonyl (C=O) groups excluding carboxylic acids is 2. The Morgan fingerprint density at radius 2 is 2.10 bits per heavy atom. The molecule has 3 unspecified atom stereocenters. The number of nitrogens with one attached hydrogen (secondary N) is 1. The molecular formula is C16H26N2O3. The number of amides is 2. The van der Waals surface area contributed by atoms with Crippen molar-refractivity contribution < 1.29 is 14.3 Å². The van der Waals surface area contributed by atoms with Crippen LogP contribution in [0, 0.1) is 5.92 Å². The maximum atomic E-state index is 13.0. The highest BCUT2D eigenvalue weighted by molar-refractivity contribution is 6.00. The topological polar surface area (TPSA) is 58.6 Å². The molecule has 2 saturated heterocycles. The summed E-state index contributed by atoms with van der Waals surface area (Å²) in [5.74, 6) is 0.422. The smallest absolute Gasteiger partial charge is 0.249 e. The van der Waals surface area contributed by atoms with Crippen molar-refractivity contribution in [2.45, 2.75) is 70.1 Å². The predicted octanol–water partition coefficient (Wildman–Crippen LogP) is 1.46. The largest absolute Gasteiger partial charge is 0.376 e. The summed E-state index contributed by atoms with van der Waals surface area (Å²) in [6.07, 6.45) is 5.84. The van der Waals surface area contributed by atoms with Gasteiger partial charge in [-0.3, -0.25) is 9.59 Å². The molecule has 2 aliphatic heterocycles. The lowest BCUT2D eigenvalue weighted by Gasteiger charge is -2.45. The highest BCUT2D eigenvalue weighted by Gasteiger charge is 2.55. The molecule has 0 aromatic heterocycles. The molecule has 3 atom stereocenters. The summed E-state index contributed by atoms with van der Waals surface area (Å²) in [7, 11) is 0. The van der Waals surface area contributed by atoms with Gasteiger partial charge in [-0.2, -0.15) is 0 Å². The summed E-state index contributed by atoms with van der Waals surface area (Å²) in [6, 6.07) is -0.321. The number of nitrogens with zero attached hydrogens (tertiary/aromatic N) is 1. The van der Waals surface area contributed by atoms with E-state index in [1.54, 1.807) is 0 Å². The van der Waals surface area contributed by atoms with Gasteiger partial charge in [0.15, 0.2) is 0 Å². The Labute approximate surface area is 126 Å². The van der Waals surface area contributed by atoms with Crippen LogP contribution in [-0.2, 0) is 14.3 Å². The Morgan fingerprint density at radius 3 is 2.67 bits per heavy atom. The molecule has 1 N–H and O–H groups in total. The first-order valence-corrected chi connectivity index (χ1v) is 8.31. The molecule has 1 aliphatic carbocycles. The molecule has 2 amide bonds. The van der Waals surface area contributed by atoms with Gasteiger partial charge in [0, 0.05) is 13.2 Å². The molecule has 2 heterocycles. The van der Waals surface area contributed by atoms with Crippen LogP contribution in [0.5, 0.6) is 0 Å².